The van der Waals surface area contributed by atoms with Crippen molar-refractivity contribution >= 4 is 43.5 Å². The average molecular weight is 284 g/mol. The summed E-state index contributed by atoms with van der Waals surface area (Å²) in [5.41, 5.74) is 1.11. The van der Waals surface area contributed by atoms with Gasteiger partial charge in [-0.2, -0.15) is 0 Å². The highest BCUT2D eigenvalue weighted by atomic mass is 79.9. The molecule has 0 atom stereocenters. The minimum absolute atomic E-state index is 0.542. The summed E-state index contributed by atoms with van der Waals surface area (Å²) in [5.74, 6) is 0.542. The minimum atomic E-state index is 0.542. The molecule has 0 saturated carbocycles. The summed E-state index contributed by atoms with van der Waals surface area (Å²) < 4.78 is 2.12. The third-order valence-corrected chi connectivity index (χ3v) is 2.71. The molecule has 10 heavy (non-hydrogen) atoms. The second-order valence-corrected chi connectivity index (χ2v) is 3.91. The maximum Gasteiger partial charge on any atom is 0.0485 e. The van der Waals surface area contributed by atoms with Crippen LogP contribution >= 0.6 is 43.5 Å². The first-order valence-corrected chi connectivity index (χ1v) is 4.86. The van der Waals surface area contributed by atoms with Gasteiger partial charge in [0, 0.05) is 14.8 Å². The SMILES string of the molecule is ClCc1cc(Br)ccc1Br. The van der Waals surface area contributed by atoms with Crippen LogP contribution in [0.4, 0.5) is 0 Å². The lowest BCUT2D eigenvalue weighted by atomic mass is 10.2. The molecule has 0 spiro atoms. The zero-order valence-electron chi connectivity index (χ0n) is 5.07. The third kappa shape index (κ3) is 1.97. The Labute approximate surface area is 81.8 Å². The molecule has 54 valence electrons. The lowest BCUT2D eigenvalue weighted by Gasteiger charge is -1.98. The number of hydrogen-bond acceptors (Lipinski definition) is 0. The molecule has 0 unspecified atom stereocenters. The number of alkyl halides is 1. The molecule has 0 aliphatic carbocycles. The molecule has 0 aromatic heterocycles. The number of benzene rings is 1. The zero-order valence-corrected chi connectivity index (χ0v) is 9.00. The van der Waals surface area contributed by atoms with Crippen LogP contribution in [-0.2, 0) is 5.88 Å². The molecule has 1 aromatic rings. The molecule has 0 bridgehead atoms. The van der Waals surface area contributed by atoms with Gasteiger partial charge in [0.05, 0.1) is 0 Å². The lowest BCUT2D eigenvalue weighted by Crippen LogP contribution is -1.78. The van der Waals surface area contributed by atoms with Crippen molar-refractivity contribution in [1.82, 2.24) is 0 Å². The fourth-order valence-corrected chi connectivity index (χ4v) is 1.82. The molecule has 0 saturated heterocycles. The largest absolute Gasteiger partial charge is 0.122 e. The standard InChI is InChI=1S/C7H5Br2Cl/c8-6-1-2-7(9)5(3-6)4-10/h1-3H,4H2. The Kier molecular flexibility index (Phi) is 3.21. The van der Waals surface area contributed by atoms with Crippen LogP contribution in [-0.4, -0.2) is 0 Å². The molecule has 0 nitrogen and oxygen atoms in total. The summed E-state index contributed by atoms with van der Waals surface area (Å²) in [4.78, 5) is 0. The average Bonchev–Trinajstić information content (AvgIpc) is 1.94. The van der Waals surface area contributed by atoms with Crippen LogP contribution in [0.2, 0.25) is 0 Å². The molecular formula is C7H5Br2Cl. The van der Waals surface area contributed by atoms with E-state index in [-0.39, 0.29) is 0 Å². The summed E-state index contributed by atoms with van der Waals surface area (Å²) in [5, 5.41) is 0. The molecule has 0 N–H and O–H groups in total. The monoisotopic (exact) mass is 282 g/mol. The van der Waals surface area contributed by atoms with Crippen molar-refractivity contribution in [3.8, 4) is 0 Å². The van der Waals surface area contributed by atoms with Gasteiger partial charge in [0.15, 0.2) is 0 Å². The van der Waals surface area contributed by atoms with Crippen molar-refractivity contribution in [3.05, 3.63) is 32.7 Å². The van der Waals surface area contributed by atoms with Crippen LogP contribution in [0.15, 0.2) is 27.1 Å². The molecule has 1 rings (SSSR count). The van der Waals surface area contributed by atoms with E-state index in [0.717, 1.165) is 14.5 Å². The maximum atomic E-state index is 5.65. The maximum absolute atomic E-state index is 5.65. The topological polar surface area (TPSA) is 0 Å². The minimum Gasteiger partial charge on any atom is -0.122 e. The summed E-state index contributed by atoms with van der Waals surface area (Å²) in [6, 6.07) is 5.94. The molecule has 1 aromatic carbocycles. The fourth-order valence-electron chi connectivity index (χ4n) is 0.646. The summed E-state index contributed by atoms with van der Waals surface area (Å²) in [7, 11) is 0. The van der Waals surface area contributed by atoms with E-state index < -0.39 is 0 Å². The van der Waals surface area contributed by atoms with Gasteiger partial charge >= 0.3 is 0 Å². The third-order valence-electron chi connectivity index (χ3n) is 1.15. The van der Waals surface area contributed by atoms with Crippen LogP contribution in [0.5, 0.6) is 0 Å². The van der Waals surface area contributed by atoms with E-state index >= 15 is 0 Å². The molecule has 0 amide bonds. The van der Waals surface area contributed by atoms with Crippen LogP contribution in [0, 0.1) is 0 Å². The summed E-state index contributed by atoms with van der Waals surface area (Å²) in [6.45, 7) is 0. The lowest BCUT2D eigenvalue weighted by molar-refractivity contribution is 1.36. The van der Waals surface area contributed by atoms with Crippen molar-refractivity contribution in [3.63, 3.8) is 0 Å². The van der Waals surface area contributed by atoms with Crippen molar-refractivity contribution in [2.24, 2.45) is 0 Å². The Hall–Kier alpha value is 0.470. The molecule has 0 aliphatic rings. The van der Waals surface area contributed by atoms with Gasteiger partial charge in [-0.15, -0.1) is 11.6 Å². The highest BCUT2D eigenvalue weighted by molar-refractivity contribution is 9.11. The summed E-state index contributed by atoms with van der Waals surface area (Å²) >= 11 is 12.4. The molecule has 0 aliphatic heterocycles. The van der Waals surface area contributed by atoms with Crippen molar-refractivity contribution in [2.45, 2.75) is 5.88 Å². The van der Waals surface area contributed by atoms with E-state index in [4.69, 9.17) is 11.6 Å². The predicted octanol–water partition coefficient (Wildman–Crippen LogP) is 3.95. The van der Waals surface area contributed by atoms with Gasteiger partial charge in [0.1, 0.15) is 0 Å². The van der Waals surface area contributed by atoms with E-state index in [1.54, 1.807) is 0 Å². The molecule has 0 radical (unpaired) electrons. The Bertz CT molecular complexity index is 235. The molecule has 0 fully saturated rings. The zero-order chi connectivity index (χ0) is 7.56. The van der Waals surface area contributed by atoms with Gasteiger partial charge < -0.3 is 0 Å². The highest BCUT2D eigenvalue weighted by Gasteiger charge is 1.97. The normalized spacial score (nSPS) is 9.90. The van der Waals surface area contributed by atoms with Crippen LogP contribution < -0.4 is 0 Å². The van der Waals surface area contributed by atoms with E-state index in [1.807, 2.05) is 18.2 Å². The Balaban J connectivity index is 3.09. The van der Waals surface area contributed by atoms with Crippen molar-refractivity contribution in [1.29, 1.82) is 0 Å². The smallest absolute Gasteiger partial charge is 0.0485 e. The first-order chi connectivity index (χ1) is 4.74. The van der Waals surface area contributed by atoms with Gasteiger partial charge in [-0.1, -0.05) is 31.9 Å². The van der Waals surface area contributed by atoms with Crippen LogP contribution in [0.3, 0.4) is 0 Å². The van der Waals surface area contributed by atoms with Gasteiger partial charge in [0.2, 0.25) is 0 Å². The molecular weight excluding hydrogens is 279 g/mol. The highest BCUT2D eigenvalue weighted by Crippen LogP contribution is 2.22. The van der Waals surface area contributed by atoms with E-state index in [2.05, 4.69) is 31.9 Å². The number of halogens is 3. The second-order valence-electron chi connectivity index (χ2n) is 1.87. The quantitative estimate of drug-likeness (QED) is 0.685. The Morgan fingerprint density at radius 2 is 2.00 bits per heavy atom. The Morgan fingerprint density at radius 1 is 1.30 bits per heavy atom. The number of rotatable bonds is 1. The van der Waals surface area contributed by atoms with Gasteiger partial charge in [-0.3, -0.25) is 0 Å². The van der Waals surface area contributed by atoms with Crippen LogP contribution in [0.1, 0.15) is 5.56 Å². The van der Waals surface area contributed by atoms with E-state index in [1.165, 1.54) is 0 Å². The first-order valence-electron chi connectivity index (χ1n) is 2.74. The first kappa shape index (κ1) is 8.57. The second kappa shape index (κ2) is 3.74. The summed E-state index contributed by atoms with van der Waals surface area (Å²) in [6.07, 6.45) is 0. The molecule has 3 heteroatoms. The van der Waals surface area contributed by atoms with Crippen molar-refractivity contribution < 1.29 is 0 Å². The van der Waals surface area contributed by atoms with Crippen molar-refractivity contribution in [2.75, 3.05) is 0 Å². The van der Waals surface area contributed by atoms with E-state index in [0.29, 0.717) is 5.88 Å². The van der Waals surface area contributed by atoms with E-state index in [9.17, 15) is 0 Å². The number of hydrogen-bond donors (Lipinski definition) is 0. The van der Waals surface area contributed by atoms with Gasteiger partial charge in [-0.05, 0) is 23.8 Å². The fraction of sp³-hybridized carbons (Fsp3) is 0.143. The molecule has 0 heterocycles. The van der Waals surface area contributed by atoms with Gasteiger partial charge in [0.25, 0.3) is 0 Å². The Morgan fingerprint density at radius 3 is 2.50 bits per heavy atom. The predicted molar refractivity (Wildman–Crippen MR) is 51.4 cm³/mol. The van der Waals surface area contributed by atoms with Crippen LogP contribution in [0.25, 0.3) is 0 Å². The van der Waals surface area contributed by atoms with Gasteiger partial charge in [-0.25, -0.2) is 0 Å².